The van der Waals surface area contributed by atoms with Crippen molar-refractivity contribution in [1.82, 2.24) is 4.90 Å². The predicted octanol–water partition coefficient (Wildman–Crippen LogP) is 2.35. The Balaban J connectivity index is 1.93. The first kappa shape index (κ1) is 13.1. The largest absolute Gasteiger partial charge is 0.481 e. The Hall–Kier alpha value is -1.33. The third-order valence-corrected chi connectivity index (χ3v) is 4.03. The van der Waals surface area contributed by atoms with Gasteiger partial charge in [0, 0.05) is 24.0 Å². The van der Waals surface area contributed by atoms with Gasteiger partial charge in [-0.15, -0.1) is 11.3 Å². The van der Waals surface area contributed by atoms with E-state index >= 15 is 0 Å². The second-order valence-electron chi connectivity index (χ2n) is 4.08. The van der Waals surface area contributed by atoms with Crippen molar-refractivity contribution in [3.8, 4) is 0 Å². The Bertz CT molecular complexity index is 497. The Kier molecular flexibility index (Phi) is 4.04. The molecule has 2 rings (SSSR count). The molecule has 1 unspecified atom stereocenters. The maximum atomic E-state index is 11.8. The maximum absolute atomic E-state index is 11.8. The molecule has 1 aromatic heterocycles. The Morgan fingerprint density at radius 2 is 2.28 bits per heavy atom. The highest BCUT2D eigenvalue weighted by atomic mass is 35.5. The van der Waals surface area contributed by atoms with Crippen molar-refractivity contribution in [2.75, 3.05) is 13.1 Å². The summed E-state index contributed by atoms with van der Waals surface area (Å²) in [5.74, 6) is -1.42. The molecule has 1 atom stereocenters. The number of hydrogen-bond donors (Lipinski definition) is 1. The van der Waals surface area contributed by atoms with Crippen LogP contribution in [0, 0.1) is 5.92 Å². The van der Waals surface area contributed by atoms with Crippen molar-refractivity contribution in [1.29, 1.82) is 0 Å². The number of aliphatic carboxylic acids is 1. The summed E-state index contributed by atoms with van der Waals surface area (Å²) in [6.45, 7) is 0.801. The maximum Gasteiger partial charge on any atom is 0.308 e. The number of thiophene rings is 1. The van der Waals surface area contributed by atoms with E-state index in [1.807, 2.05) is 6.07 Å². The summed E-state index contributed by atoms with van der Waals surface area (Å²) in [7, 11) is 0. The van der Waals surface area contributed by atoms with Crippen molar-refractivity contribution >= 4 is 40.9 Å². The molecule has 0 aromatic carbocycles. The summed E-state index contributed by atoms with van der Waals surface area (Å²) < 4.78 is 0.675. The molecule has 0 aliphatic carbocycles. The van der Waals surface area contributed by atoms with E-state index in [0.29, 0.717) is 23.8 Å². The molecule has 1 amide bonds. The van der Waals surface area contributed by atoms with Gasteiger partial charge in [0.2, 0.25) is 5.91 Å². The zero-order chi connectivity index (χ0) is 13.1. The molecule has 1 fully saturated rings. The zero-order valence-electron chi connectivity index (χ0n) is 9.51. The smallest absolute Gasteiger partial charge is 0.308 e. The number of carboxylic acid groups (broad SMARTS) is 1. The van der Waals surface area contributed by atoms with Crippen LogP contribution in [0.1, 0.15) is 11.3 Å². The first-order chi connectivity index (χ1) is 8.56. The average molecular weight is 286 g/mol. The summed E-state index contributed by atoms with van der Waals surface area (Å²) in [6, 6.07) is 3.60. The predicted molar refractivity (Wildman–Crippen MR) is 70.7 cm³/mol. The van der Waals surface area contributed by atoms with E-state index in [1.54, 1.807) is 17.0 Å². The van der Waals surface area contributed by atoms with Crippen molar-refractivity contribution in [3.05, 3.63) is 27.4 Å². The van der Waals surface area contributed by atoms with Crippen LogP contribution in [0.15, 0.2) is 18.2 Å². The van der Waals surface area contributed by atoms with Crippen molar-refractivity contribution < 1.29 is 14.7 Å². The molecule has 0 saturated carbocycles. The summed E-state index contributed by atoms with van der Waals surface area (Å²) in [4.78, 5) is 25.1. The van der Waals surface area contributed by atoms with Crippen molar-refractivity contribution in [3.63, 3.8) is 0 Å². The van der Waals surface area contributed by atoms with Crippen LogP contribution in [-0.2, 0) is 9.59 Å². The second-order valence-corrected chi connectivity index (χ2v) is 5.83. The molecule has 1 saturated heterocycles. The summed E-state index contributed by atoms with van der Waals surface area (Å²) in [6.07, 6.45) is 3.69. The van der Waals surface area contributed by atoms with E-state index < -0.39 is 11.9 Å². The number of rotatable bonds is 3. The molecule has 1 aliphatic rings. The first-order valence-corrected chi connectivity index (χ1v) is 6.71. The number of carbonyl (C=O) groups excluding carboxylic acids is 1. The molecular formula is C12H12ClNO3S. The van der Waals surface area contributed by atoms with Crippen LogP contribution >= 0.6 is 22.9 Å². The lowest BCUT2D eigenvalue weighted by Crippen LogP contribution is -2.28. The SMILES string of the molecule is O=C(O)C1CCN(C(=O)/C=C/c2ccc(Cl)s2)C1. The standard InChI is InChI=1S/C12H12ClNO3S/c13-10-3-1-9(18-10)2-4-11(15)14-6-5-8(7-14)12(16)17/h1-4,8H,5-7H2,(H,16,17)/b4-2+. The van der Waals surface area contributed by atoms with Crippen LogP contribution < -0.4 is 0 Å². The number of nitrogens with zero attached hydrogens (tertiary/aromatic N) is 1. The second kappa shape index (κ2) is 5.54. The molecule has 0 spiro atoms. The molecule has 18 heavy (non-hydrogen) atoms. The number of amides is 1. The molecule has 4 nitrogen and oxygen atoms in total. The van der Waals surface area contributed by atoms with Gasteiger partial charge in [-0.2, -0.15) is 0 Å². The number of carboxylic acids is 1. The fourth-order valence-corrected chi connectivity index (χ4v) is 2.80. The molecule has 0 radical (unpaired) electrons. The monoisotopic (exact) mass is 285 g/mol. The topological polar surface area (TPSA) is 57.6 Å². The van der Waals surface area contributed by atoms with E-state index in [1.165, 1.54) is 17.4 Å². The summed E-state index contributed by atoms with van der Waals surface area (Å²) in [5, 5.41) is 8.85. The number of halogens is 1. The van der Waals surface area contributed by atoms with Gasteiger partial charge in [0.05, 0.1) is 10.3 Å². The van der Waals surface area contributed by atoms with Gasteiger partial charge in [0.15, 0.2) is 0 Å². The van der Waals surface area contributed by atoms with Crippen LogP contribution in [0.2, 0.25) is 4.34 Å². The highest BCUT2D eigenvalue weighted by Crippen LogP contribution is 2.23. The zero-order valence-corrected chi connectivity index (χ0v) is 11.1. The molecule has 0 bridgehead atoms. The fourth-order valence-electron chi connectivity index (χ4n) is 1.84. The third-order valence-electron chi connectivity index (χ3n) is 2.83. The summed E-state index contributed by atoms with van der Waals surface area (Å²) >= 11 is 7.17. The Morgan fingerprint density at radius 1 is 1.50 bits per heavy atom. The van der Waals surface area contributed by atoms with Crippen molar-refractivity contribution in [2.45, 2.75) is 6.42 Å². The number of likely N-dealkylation sites (tertiary alicyclic amines) is 1. The molecule has 96 valence electrons. The average Bonchev–Trinajstić information content (AvgIpc) is 2.94. The summed E-state index contributed by atoms with van der Waals surface area (Å²) in [5.41, 5.74) is 0. The van der Waals surface area contributed by atoms with E-state index in [-0.39, 0.29) is 5.91 Å². The molecule has 1 aromatic rings. The van der Waals surface area contributed by atoms with Crippen LogP contribution in [-0.4, -0.2) is 35.0 Å². The van der Waals surface area contributed by atoms with Gasteiger partial charge in [-0.1, -0.05) is 11.6 Å². The lowest BCUT2D eigenvalue weighted by atomic mass is 10.1. The van der Waals surface area contributed by atoms with Gasteiger partial charge in [0.1, 0.15) is 0 Å². The van der Waals surface area contributed by atoms with Crippen molar-refractivity contribution in [2.24, 2.45) is 5.92 Å². The lowest BCUT2D eigenvalue weighted by Gasteiger charge is -2.12. The van der Waals surface area contributed by atoms with Gasteiger partial charge >= 0.3 is 5.97 Å². The quantitative estimate of drug-likeness (QED) is 0.867. The Labute approximate surface area is 113 Å². The lowest BCUT2D eigenvalue weighted by molar-refractivity contribution is -0.141. The van der Waals surface area contributed by atoms with Crippen LogP contribution in [0.3, 0.4) is 0 Å². The molecule has 1 aliphatic heterocycles. The first-order valence-electron chi connectivity index (χ1n) is 5.51. The fraction of sp³-hybridized carbons (Fsp3) is 0.333. The minimum Gasteiger partial charge on any atom is -0.481 e. The van der Waals surface area contributed by atoms with Gasteiger partial charge in [-0.25, -0.2) is 0 Å². The molecule has 1 N–H and O–H groups in total. The van der Waals surface area contributed by atoms with Gasteiger partial charge in [-0.05, 0) is 24.6 Å². The molecule has 2 heterocycles. The number of carbonyl (C=O) groups is 2. The number of hydrogen-bond acceptors (Lipinski definition) is 3. The van der Waals surface area contributed by atoms with E-state index in [2.05, 4.69) is 0 Å². The molecule has 6 heteroatoms. The normalized spacial score (nSPS) is 19.6. The molecular weight excluding hydrogens is 274 g/mol. The van der Waals surface area contributed by atoms with E-state index in [0.717, 1.165) is 4.88 Å². The minimum atomic E-state index is -0.834. The highest BCUT2D eigenvalue weighted by molar-refractivity contribution is 7.17. The van der Waals surface area contributed by atoms with Gasteiger partial charge in [-0.3, -0.25) is 9.59 Å². The van der Waals surface area contributed by atoms with Gasteiger partial charge < -0.3 is 10.0 Å². The van der Waals surface area contributed by atoms with Crippen LogP contribution in [0.25, 0.3) is 6.08 Å². The van der Waals surface area contributed by atoms with Crippen LogP contribution in [0.4, 0.5) is 0 Å². The van der Waals surface area contributed by atoms with E-state index in [9.17, 15) is 9.59 Å². The minimum absolute atomic E-state index is 0.150. The van der Waals surface area contributed by atoms with E-state index in [4.69, 9.17) is 16.7 Å². The third kappa shape index (κ3) is 3.11. The van der Waals surface area contributed by atoms with Crippen LogP contribution in [0.5, 0.6) is 0 Å². The highest BCUT2D eigenvalue weighted by Gasteiger charge is 2.29. The Morgan fingerprint density at radius 3 is 2.83 bits per heavy atom. The van der Waals surface area contributed by atoms with Gasteiger partial charge in [0.25, 0.3) is 0 Å².